The summed E-state index contributed by atoms with van der Waals surface area (Å²) in [5.74, 6) is -0.830. The van der Waals surface area contributed by atoms with Crippen molar-refractivity contribution in [1.82, 2.24) is 10.2 Å². The van der Waals surface area contributed by atoms with Gasteiger partial charge in [-0.25, -0.2) is 0 Å². The van der Waals surface area contributed by atoms with Crippen molar-refractivity contribution in [2.24, 2.45) is 0 Å². The Morgan fingerprint density at radius 1 is 0.828 bits per heavy atom. The van der Waals surface area contributed by atoms with Gasteiger partial charge in [0.25, 0.3) is 11.8 Å². The van der Waals surface area contributed by atoms with Crippen molar-refractivity contribution >= 4 is 28.5 Å². The molecule has 3 aromatic carbocycles. The molecular weight excluding hydrogens is 364 g/mol. The van der Waals surface area contributed by atoms with Gasteiger partial charge in [0.15, 0.2) is 0 Å². The van der Waals surface area contributed by atoms with Crippen molar-refractivity contribution in [3.05, 3.63) is 83.4 Å². The fourth-order valence-electron chi connectivity index (χ4n) is 3.75. The molecule has 0 saturated carbocycles. The van der Waals surface area contributed by atoms with Crippen molar-refractivity contribution in [2.75, 3.05) is 13.1 Å². The van der Waals surface area contributed by atoms with Gasteiger partial charge in [0, 0.05) is 36.0 Å². The lowest BCUT2D eigenvalue weighted by Gasteiger charge is -2.27. The van der Waals surface area contributed by atoms with E-state index in [9.17, 15) is 14.4 Å². The topological polar surface area (TPSA) is 66.5 Å². The van der Waals surface area contributed by atoms with Crippen molar-refractivity contribution in [1.29, 1.82) is 0 Å². The highest BCUT2D eigenvalue weighted by molar-refractivity contribution is 6.25. The second kappa shape index (κ2) is 8.27. The third-order valence-corrected chi connectivity index (χ3v) is 5.23. The van der Waals surface area contributed by atoms with Crippen LogP contribution in [0.2, 0.25) is 0 Å². The van der Waals surface area contributed by atoms with E-state index >= 15 is 0 Å². The van der Waals surface area contributed by atoms with Crippen molar-refractivity contribution < 1.29 is 14.4 Å². The van der Waals surface area contributed by atoms with Crippen LogP contribution in [-0.4, -0.2) is 35.7 Å². The average Bonchev–Trinajstić information content (AvgIpc) is 2.75. The smallest absolute Gasteiger partial charge is 0.261 e. The van der Waals surface area contributed by atoms with Gasteiger partial charge < -0.3 is 5.32 Å². The lowest BCUT2D eigenvalue weighted by Crippen LogP contribution is -2.42. The molecule has 0 aliphatic carbocycles. The minimum Gasteiger partial charge on any atom is -0.356 e. The van der Waals surface area contributed by atoms with E-state index in [0.29, 0.717) is 23.1 Å². The van der Waals surface area contributed by atoms with Crippen LogP contribution in [0.25, 0.3) is 10.8 Å². The highest BCUT2D eigenvalue weighted by Crippen LogP contribution is 2.29. The van der Waals surface area contributed by atoms with Gasteiger partial charge in [-0.1, -0.05) is 54.6 Å². The van der Waals surface area contributed by atoms with Gasteiger partial charge in [-0.05, 0) is 35.9 Å². The van der Waals surface area contributed by atoms with Crippen LogP contribution in [0.5, 0.6) is 0 Å². The first-order valence-electron chi connectivity index (χ1n) is 9.84. The molecule has 0 saturated heterocycles. The summed E-state index contributed by atoms with van der Waals surface area (Å²) in [4.78, 5) is 39.0. The van der Waals surface area contributed by atoms with E-state index in [1.807, 2.05) is 42.5 Å². The average molecular weight is 386 g/mol. The Hall–Kier alpha value is -3.47. The molecular formula is C24H22N2O3. The number of amides is 3. The second-order valence-electron chi connectivity index (χ2n) is 7.16. The molecule has 0 spiro atoms. The van der Waals surface area contributed by atoms with Gasteiger partial charge in [-0.3, -0.25) is 19.3 Å². The van der Waals surface area contributed by atoms with Gasteiger partial charge in [0.05, 0.1) is 0 Å². The molecule has 5 nitrogen and oxygen atoms in total. The Morgan fingerprint density at radius 3 is 2.14 bits per heavy atom. The normalized spacial score (nSPS) is 13.0. The molecule has 5 heteroatoms. The Balaban J connectivity index is 1.33. The minimum atomic E-state index is -0.337. The first kappa shape index (κ1) is 18.9. The number of aryl methyl sites for hydroxylation is 1. The van der Waals surface area contributed by atoms with Crippen LogP contribution in [0.3, 0.4) is 0 Å². The maximum Gasteiger partial charge on any atom is 0.261 e. The molecule has 0 atom stereocenters. The summed E-state index contributed by atoms with van der Waals surface area (Å²) in [7, 11) is 0. The molecule has 29 heavy (non-hydrogen) atoms. The Labute approximate surface area is 169 Å². The molecule has 0 bridgehead atoms. The molecule has 3 aromatic rings. The zero-order valence-electron chi connectivity index (χ0n) is 16.1. The fraction of sp³-hybridized carbons (Fsp3) is 0.208. The number of hydrogen-bond acceptors (Lipinski definition) is 3. The molecule has 1 heterocycles. The highest BCUT2D eigenvalue weighted by atomic mass is 16.2. The molecule has 1 aliphatic heterocycles. The van der Waals surface area contributed by atoms with Gasteiger partial charge >= 0.3 is 0 Å². The first-order valence-corrected chi connectivity index (χ1v) is 9.84. The van der Waals surface area contributed by atoms with Crippen LogP contribution in [0.4, 0.5) is 0 Å². The van der Waals surface area contributed by atoms with Crippen LogP contribution in [0.15, 0.2) is 66.7 Å². The second-order valence-corrected chi connectivity index (χ2v) is 7.16. The summed E-state index contributed by atoms with van der Waals surface area (Å²) in [6, 6.07) is 21.0. The van der Waals surface area contributed by atoms with Crippen LogP contribution in [0.1, 0.15) is 39.1 Å². The van der Waals surface area contributed by atoms with E-state index in [0.717, 1.165) is 18.2 Å². The number of carbonyl (C=O) groups is 3. The number of benzene rings is 3. The van der Waals surface area contributed by atoms with E-state index in [2.05, 4.69) is 17.4 Å². The Bertz CT molecular complexity index is 1030. The zero-order chi connectivity index (χ0) is 20.2. The van der Waals surface area contributed by atoms with E-state index in [-0.39, 0.29) is 30.7 Å². The van der Waals surface area contributed by atoms with Crippen molar-refractivity contribution in [2.45, 2.75) is 19.3 Å². The third kappa shape index (κ3) is 3.90. The minimum absolute atomic E-state index is 0.0763. The molecule has 1 aliphatic rings. The maximum absolute atomic E-state index is 12.8. The number of nitrogens with one attached hydrogen (secondary N) is 1. The number of hydrogen-bond donors (Lipinski definition) is 1. The lowest BCUT2D eigenvalue weighted by atomic mass is 9.94. The summed E-state index contributed by atoms with van der Waals surface area (Å²) in [6.45, 7) is 0.644. The molecule has 0 fully saturated rings. The Morgan fingerprint density at radius 2 is 1.48 bits per heavy atom. The largest absolute Gasteiger partial charge is 0.356 e. The van der Waals surface area contributed by atoms with Gasteiger partial charge in [0.1, 0.15) is 0 Å². The summed E-state index contributed by atoms with van der Waals surface area (Å²) in [5, 5.41) is 4.45. The number of carbonyl (C=O) groups excluding carboxylic acids is 3. The third-order valence-electron chi connectivity index (χ3n) is 5.23. The van der Waals surface area contributed by atoms with Crippen LogP contribution >= 0.6 is 0 Å². The lowest BCUT2D eigenvalue weighted by molar-refractivity contribution is -0.121. The molecule has 3 amide bonds. The molecule has 0 radical (unpaired) electrons. The highest BCUT2D eigenvalue weighted by Gasteiger charge is 2.32. The van der Waals surface area contributed by atoms with Gasteiger partial charge in [-0.15, -0.1) is 0 Å². The van der Waals surface area contributed by atoms with E-state index in [4.69, 9.17) is 0 Å². The van der Waals surface area contributed by atoms with Crippen molar-refractivity contribution in [3.63, 3.8) is 0 Å². The van der Waals surface area contributed by atoms with E-state index < -0.39 is 0 Å². The monoisotopic (exact) mass is 386 g/mol. The Kier molecular flexibility index (Phi) is 5.38. The van der Waals surface area contributed by atoms with Gasteiger partial charge in [-0.2, -0.15) is 0 Å². The van der Waals surface area contributed by atoms with Gasteiger partial charge in [0.2, 0.25) is 5.91 Å². The number of rotatable bonds is 7. The molecule has 0 aromatic heterocycles. The molecule has 4 rings (SSSR count). The van der Waals surface area contributed by atoms with E-state index in [1.165, 1.54) is 10.5 Å². The predicted molar refractivity (Wildman–Crippen MR) is 112 cm³/mol. The summed E-state index contributed by atoms with van der Waals surface area (Å²) < 4.78 is 0. The summed E-state index contributed by atoms with van der Waals surface area (Å²) in [5.41, 5.74) is 2.26. The fourth-order valence-corrected chi connectivity index (χ4v) is 3.75. The maximum atomic E-state index is 12.8. The van der Waals surface area contributed by atoms with Crippen LogP contribution in [0, 0.1) is 0 Å². The molecule has 0 unspecified atom stereocenters. The quantitative estimate of drug-likeness (QED) is 0.499. The molecule has 146 valence electrons. The van der Waals surface area contributed by atoms with E-state index in [1.54, 1.807) is 12.1 Å². The van der Waals surface area contributed by atoms with Crippen LogP contribution in [-0.2, 0) is 11.2 Å². The summed E-state index contributed by atoms with van der Waals surface area (Å²) >= 11 is 0. The predicted octanol–water partition coefficient (Wildman–Crippen LogP) is 3.57. The van der Waals surface area contributed by atoms with Crippen LogP contribution < -0.4 is 5.32 Å². The first-order chi connectivity index (χ1) is 14.1. The number of imide groups is 1. The zero-order valence-corrected chi connectivity index (χ0v) is 16.1. The molecule has 1 N–H and O–H groups in total. The van der Waals surface area contributed by atoms with Crippen molar-refractivity contribution in [3.8, 4) is 0 Å². The number of nitrogens with zero attached hydrogens (tertiary/aromatic N) is 1. The standard InChI is InChI=1S/C24H22N2O3/c27-21(25-15-6-9-17-7-2-1-3-8-17)14-16-26-23(28)19-12-4-10-18-11-5-13-20(22(18)19)24(26)29/h1-5,7-8,10-13H,6,9,14-16H2,(H,25,27). The summed E-state index contributed by atoms with van der Waals surface area (Å²) in [6.07, 6.45) is 1.83. The SMILES string of the molecule is O=C(CCN1C(=O)c2cccc3cccc(c23)C1=O)NCCCc1ccccc1.